The average molecular weight is 367 g/mol. The molecule has 1 saturated carbocycles. The lowest BCUT2D eigenvalue weighted by atomic mass is 9.99. The molecule has 1 aromatic carbocycles. The van der Waals surface area contributed by atoms with E-state index in [1.54, 1.807) is 4.68 Å². The van der Waals surface area contributed by atoms with Gasteiger partial charge in [0.1, 0.15) is 0 Å². The molecular weight excluding hydrogens is 338 g/mol. The van der Waals surface area contributed by atoms with E-state index in [1.165, 1.54) is 12.0 Å². The molecule has 0 unspecified atom stereocenters. The van der Waals surface area contributed by atoms with E-state index in [-0.39, 0.29) is 6.03 Å². The molecule has 144 valence electrons. The second-order valence-electron chi connectivity index (χ2n) is 7.81. The Morgan fingerprint density at radius 2 is 2.07 bits per heavy atom. The number of aryl methyl sites for hydroxylation is 1. The molecule has 1 aliphatic heterocycles. The van der Waals surface area contributed by atoms with E-state index in [1.807, 2.05) is 24.3 Å². The number of carbonyl (C=O) groups is 1. The first-order valence-electron chi connectivity index (χ1n) is 9.98. The summed E-state index contributed by atoms with van der Waals surface area (Å²) in [5, 5.41) is 7.34. The molecule has 2 aromatic rings. The van der Waals surface area contributed by atoms with Crippen LogP contribution >= 0.6 is 0 Å². The molecule has 6 heteroatoms. The highest BCUT2D eigenvalue weighted by Crippen LogP contribution is 2.28. The summed E-state index contributed by atoms with van der Waals surface area (Å²) in [4.78, 5) is 17.1. The standard InChI is InChI=1S/C21H29N5O/c1-24-14-17(13-23-24)15-26(20-7-8-20)21(27)22-10-12-25-11-9-19(16-25)18-5-3-2-4-6-18/h2-6,13-14,19-20H,7-12,15-16H2,1H3,(H,22,27)/t19-/m1/s1. The van der Waals surface area contributed by atoms with E-state index < -0.39 is 0 Å². The van der Waals surface area contributed by atoms with Gasteiger partial charge >= 0.3 is 6.03 Å². The number of benzene rings is 1. The smallest absolute Gasteiger partial charge is 0.317 e. The third-order valence-electron chi connectivity index (χ3n) is 5.61. The zero-order valence-electron chi connectivity index (χ0n) is 16.1. The number of nitrogens with one attached hydrogen (secondary N) is 1. The van der Waals surface area contributed by atoms with Crippen LogP contribution in [0.15, 0.2) is 42.7 Å². The van der Waals surface area contributed by atoms with Crippen molar-refractivity contribution >= 4 is 6.03 Å². The van der Waals surface area contributed by atoms with Crippen LogP contribution in [0.25, 0.3) is 0 Å². The number of aromatic nitrogens is 2. The van der Waals surface area contributed by atoms with Crippen molar-refractivity contribution in [2.75, 3.05) is 26.2 Å². The third-order valence-corrected chi connectivity index (χ3v) is 5.61. The topological polar surface area (TPSA) is 53.4 Å². The zero-order valence-corrected chi connectivity index (χ0v) is 16.1. The molecular formula is C21H29N5O. The van der Waals surface area contributed by atoms with Crippen LogP contribution in [0.4, 0.5) is 4.79 Å². The number of likely N-dealkylation sites (tertiary alicyclic amines) is 1. The molecule has 2 aliphatic rings. The van der Waals surface area contributed by atoms with Gasteiger partial charge in [-0.25, -0.2) is 4.79 Å². The minimum atomic E-state index is 0.0557. The molecule has 1 atom stereocenters. The van der Waals surface area contributed by atoms with Gasteiger partial charge in [0, 0.05) is 44.5 Å². The van der Waals surface area contributed by atoms with E-state index in [2.05, 4.69) is 45.6 Å². The molecule has 1 N–H and O–H groups in total. The number of amides is 2. The molecule has 2 amide bonds. The fraction of sp³-hybridized carbons (Fsp3) is 0.524. The third kappa shape index (κ3) is 4.69. The Bertz CT molecular complexity index is 755. The molecule has 1 aliphatic carbocycles. The fourth-order valence-electron chi connectivity index (χ4n) is 3.96. The summed E-state index contributed by atoms with van der Waals surface area (Å²) >= 11 is 0. The summed E-state index contributed by atoms with van der Waals surface area (Å²) in [5.74, 6) is 0.621. The second kappa shape index (κ2) is 8.13. The van der Waals surface area contributed by atoms with Gasteiger partial charge in [-0.05, 0) is 37.3 Å². The van der Waals surface area contributed by atoms with Crippen LogP contribution in [0.1, 0.15) is 36.3 Å². The lowest BCUT2D eigenvalue weighted by molar-refractivity contribution is 0.190. The molecule has 4 rings (SSSR count). The van der Waals surface area contributed by atoms with E-state index in [0.717, 1.165) is 38.0 Å². The lowest BCUT2D eigenvalue weighted by Gasteiger charge is -2.23. The van der Waals surface area contributed by atoms with Gasteiger partial charge in [-0.1, -0.05) is 30.3 Å². The number of hydrogen-bond acceptors (Lipinski definition) is 3. The number of hydrogen-bond donors (Lipinski definition) is 1. The first kappa shape index (κ1) is 18.0. The molecule has 0 bridgehead atoms. The van der Waals surface area contributed by atoms with Crippen molar-refractivity contribution in [2.45, 2.75) is 37.8 Å². The Morgan fingerprint density at radius 1 is 1.26 bits per heavy atom. The summed E-state index contributed by atoms with van der Waals surface area (Å²) in [6.45, 7) is 4.46. The van der Waals surface area contributed by atoms with Crippen LogP contribution in [-0.4, -0.2) is 57.8 Å². The first-order valence-corrected chi connectivity index (χ1v) is 9.98. The second-order valence-corrected chi connectivity index (χ2v) is 7.81. The van der Waals surface area contributed by atoms with Crippen molar-refractivity contribution in [1.82, 2.24) is 24.9 Å². The lowest BCUT2D eigenvalue weighted by Crippen LogP contribution is -2.43. The Morgan fingerprint density at radius 3 is 2.78 bits per heavy atom. The van der Waals surface area contributed by atoms with Gasteiger partial charge < -0.3 is 15.1 Å². The van der Waals surface area contributed by atoms with E-state index >= 15 is 0 Å². The Kier molecular flexibility index (Phi) is 5.43. The van der Waals surface area contributed by atoms with Gasteiger partial charge in [0.2, 0.25) is 0 Å². The van der Waals surface area contributed by atoms with Crippen molar-refractivity contribution in [2.24, 2.45) is 7.05 Å². The van der Waals surface area contributed by atoms with Crippen LogP contribution in [0.3, 0.4) is 0 Å². The highest BCUT2D eigenvalue weighted by atomic mass is 16.2. The summed E-state index contributed by atoms with van der Waals surface area (Å²) in [6, 6.07) is 11.2. The predicted molar refractivity (Wildman–Crippen MR) is 105 cm³/mol. The average Bonchev–Trinajstić information content (AvgIpc) is 3.27. The van der Waals surface area contributed by atoms with Gasteiger partial charge in [-0.3, -0.25) is 4.68 Å². The predicted octanol–water partition coefficient (Wildman–Crippen LogP) is 2.58. The molecule has 27 heavy (non-hydrogen) atoms. The molecule has 0 spiro atoms. The number of carbonyl (C=O) groups excluding carboxylic acids is 1. The SMILES string of the molecule is Cn1cc(CN(C(=O)NCCN2CC[C@@H](c3ccccc3)C2)C2CC2)cn1. The van der Waals surface area contributed by atoms with E-state index in [0.29, 0.717) is 25.0 Å². The fourth-order valence-corrected chi connectivity index (χ4v) is 3.96. The zero-order chi connectivity index (χ0) is 18.6. The summed E-state index contributed by atoms with van der Waals surface area (Å²) < 4.78 is 1.79. The van der Waals surface area contributed by atoms with E-state index in [4.69, 9.17) is 0 Å². The van der Waals surface area contributed by atoms with Crippen LogP contribution in [0.5, 0.6) is 0 Å². The highest BCUT2D eigenvalue weighted by Gasteiger charge is 2.33. The summed E-state index contributed by atoms with van der Waals surface area (Å²) in [5.41, 5.74) is 2.52. The van der Waals surface area contributed by atoms with Crippen LogP contribution < -0.4 is 5.32 Å². The minimum absolute atomic E-state index is 0.0557. The van der Waals surface area contributed by atoms with Crippen LogP contribution in [-0.2, 0) is 13.6 Å². The van der Waals surface area contributed by atoms with E-state index in [9.17, 15) is 4.79 Å². The van der Waals surface area contributed by atoms with Crippen molar-refractivity contribution in [3.05, 3.63) is 53.9 Å². The largest absolute Gasteiger partial charge is 0.337 e. The number of urea groups is 1. The van der Waals surface area contributed by atoms with Gasteiger partial charge in [0.15, 0.2) is 0 Å². The van der Waals surface area contributed by atoms with Gasteiger partial charge in [-0.15, -0.1) is 0 Å². The van der Waals surface area contributed by atoms with Crippen molar-refractivity contribution in [3.8, 4) is 0 Å². The number of nitrogens with zero attached hydrogens (tertiary/aromatic N) is 4. The van der Waals surface area contributed by atoms with Gasteiger partial charge in [0.25, 0.3) is 0 Å². The number of rotatable bonds is 7. The van der Waals surface area contributed by atoms with Crippen molar-refractivity contribution in [3.63, 3.8) is 0 Å². The summed E-state index contributed by atoms with van der Waals surface area (Å²) in [7, 11) is 1.91. The normalized spacial score (nSPS) is 20.0. The minimum Gasteiger partial charge on any atom is -0.337 e. The Balaban J connectivity index is 1.23. The van der Waals surface area contributed by atoms with Crippen molar-refractivity contribution in [1.29, 1.82) is 0 Å². The molecule has 1 aromatic heterocycles. The van der Waals surface area contributed by atoms with Crippen molar-refractivity contribution < 1.29 is 4.79 Å². The summed E-state index contributed by atoms with van der Waals surface area (Å²) in [6.07, 6.45) is 7.25. The molecule has 6 nitrogen and oxygen atoms in total. The first-order chi connectivity index (χ1) is 13.2. The molecule has 2 fully saturated rings. The maximum absolute atomic E-state index is 12.7. The monoisotopic (exact) mass is 367 g/mol. The maximum atomic E-state index is 12.7. The Labute approximate surface area is 161 Å². The van der Waals surface area contributed by atoms with Gasteiger partial charge in [0.05, 0.1) is 12.7 Å². The quantitative estimate of drug-likeness (QED) is 0.818. The van der Waals surface area contributed by atoms with Crippen LogP contribution in [0.2, 0.25) is 0 Å². The Hall–Kier alpha value is -2.34. The molecule has 0 radical (unpaired) electrons. The van der Waals surface area contributed by atoms with Crippen LogP contribution in [0, 0.1) is 0 Å². The molecule has 1 saturated heterocycles. The maximum Gasteiger partial charge on any atom is 0.317 e. The highest BCUT2D eigenvalue weighted by molar-refractivity contribution is 5.74. The molecule has 2 heterocycles. The van der Waals surface area contributed by atoms with Gasteiger partial charge in [-0.2, -0.15) is 5.10 Å².